The summed E-state index contributed by atoms with van der Waals surface area (Å²) < 4.78 is 0. The Kier molecular flexibility index (Phi) is 5.47. The summed E-state index contributed by atoms with van der Waals surface area (Å²) in [6.07, 6.45) is 3.29. The zero-order chi connectivity index (χ0) is 19.2. The number of hydrogen-bond donors (Lipinski definition) is 0. The zero-order valence-electron chi connectivity index (χ0n) is 14.6. The van der Waals surface area contributed by atoms with E-state index in [0.717, 1.165) is 11.3 Å². The molecule has 7 nitrogen and oxygen atoms in total. The van der Waals surface area contributed by atoms with Crippen LogP contribution in [0, 0.1) is 21.4 Å². The number of nitriles is 1. The monoisotopic (exact) mass is 362 g/mol. The molecule has 27 heavy (non-hydrogen) atoms. The Hall–Kier alpha value is -3.66. The third-order valence-corrected chi connectivity index (χ3v) is 4.48. The molecular weight excluding hydrogens is 344 g/mol. The Morgan fingerprint density at radius 1 is 1.04 bits per heavy atom. The van der Waals surface area contributed by atoms with Gasteiger partial charge in [-0.1, -0.05) is 12.1 Å². The number of nitro groups is 1. The summed E-state index contributed by atoms with van der Waals surface area (Å²) in [5.41, 5.74) is 2.44. The van der Waals surface area contributed by atoms with E-state index in [1.54, 1.807) is 53.5 Å². The van der Waals surface area contributed by atoms with Crippen molar-refractivity contribution in [2.75, 3.05) is 31.1 Å². The first-order valence-corrected chi connectivity index (χ1v) is 8.53. The van der Waals surface area contributed by atoms with Crippen LogP contribution < -0.4 is 4.90 Å². The summed E-state index contributed by atoms with van der Waals surface area (Å²) in [5.74, 6) is -0.0530. The topological polar surface area (TPSA) is 90.5 Å². The average molecular weight is 362 g/mol. The maximum Gasteiger partial charge on any atom is 0.269 e. The normalized spacial score (nSPS) is 14.2. The van der Waals surface area contributed by atoms with Crippen LogP contribution in [0.2, 0.25) is 0 Å². The van der Waals surface area contributed by atoms with Crippen molar-refractivity contribution in [1.82, 2.24) is 4.90 Å². The molecule has 1 aliphatic rings. The van der Waals surface area contributed by atoms with Gasteiger partial charge in [-0.3, -0.25) is 14.9 Å². The predicted molar refractivity (Wildman–Crippen MR) is 102 cm³/mol. The number of nitro benzene ring substituents is 1. The lowest BCUT2D eigenvalue weighted by molar-refractivity contribution is -0.384. The molecule has 0 aromatic heterocycles. The molecule has 1 saturated heterocycles. The second kappa shape index (κ2) is 8.15. The van der Waals surface area contributed by atoms with Gasteiger partial charge in [0.05, 0.1) is 16.6 Å². The summed E-state index contributed by atoms with van der Waals surface area (Å²) in [5, 5.41) is 19.5. The van der Waals surface area contributed by atoms with Crippen molar-refractivity contribution in [2.45, 2.75) is 0 Å². The Morgan fingerprint density at radius 3 is 2.22 bits per heavy atom. The molecule has 0 radical (unpaired) electrons. The maximum atomic E-state index is 12.4. The van der Waals surface area contributed by atoms with Gasteiger partial charge in [0.15, 0.2) is 0 Å². The van der Waals surface area contributed by atoms with Crippen molar-refractivity contribution in [2.24, 2.45) is 0 Å². The number of anilines is 1. The number of nitrogens with zero attached hydrogens (tertiary/aromatic N) is 4. The predicted octanol–water partition coefficient (Wildman–Crippen LogP) is 2.83. The van der Waals surface area contributed by atoms with Crippen LogP contribution in [0.3, 0.4) is 0 Å². The maximum absolute atomic E-state index is 12.4. The van der Waals surface area contributed by atoms with Gasteiger partial charge in [-0.15, -0.1) is 0 Å². The molecule has 1 heterocycles. The molecule has 2 aromatic rings. The van der Waals surface area contributed by atoms with Crippen LogP contribution in [0.4, 0.5) is 11.4 Å². The summed E-state index contributed by atoms with van der Waals surface area (Å²) >= 11 is 0. The molecule has 0 atom stereocenters. The summed E-state index contributed by atoms with van der Waals surface area (Å²) in [6.45, 7) is 2.53. The Morgan fingerprint density at radius 2 is 1.67 bits per heavy atom. The quantitative estimate of drug-likeness (QED) is 0.474. The first-order chi connectivity index (χ1) is 13.1. The van der Waals surface area contributed by atoms with E-state index < -0.39 is 4.92 Å². The molecule has 7 heteroatoms. The van der Waals surface area contributed by atoms with Gasteiger partial charge in [0.25, 0.3) is 5.69 Å². The second-order valence-electron chi connectivity index (χ2n) is 6.15. The third kappa shape index (κ3) is 4.50. The molecule has 3 rings (SSSR count). The largest absolute Gasteiger partial charge is 0.368 e. The van der Waals surface area contributed by atoms with Gasteiger partial charge in [-0.25, -0.2) is 0 Å². The van der Waals surface area contributed by atoms with Crippen molar-refractivity contribution in [1.29, 1.82) is 5.26 Å². The Bertz CT molecular complexity index is 890. The molecule has 1 fully saturated rings. The highest BCUT2D eigenvalue weighted by Gasteiger charge is 2.20. The minimum absolute atomic E-state index is 0.0530. The van der Waals surface area contributed by atoms with E-state index in [1.165, 1.54) is 12.1 Å². The van der Waals surface area contributed by atoms with Crippen LogP contribution in [0.25, 0.3) is 6.08 Å². The van der Waals surface area contributed by atoms with Crippen LogP contribution in [0.5, 0.6) is 0 Å². The van der Waals surface area contributed by atoms with E-state index in [1.807, 2.05) is 0 Å². The molecule has 0 unspecified atom stereocenters. The minimum atomic E-state index is -0.416. The Balaban J connectivity index is 1.54. The summed E-state index contributed by atoms with van der Waals surface area (Å²) in [7, 11) is 0. The molecule has 0 spiro atoms. The van der Waals surface area contributed by atoms with Gasteiger partial charge >= 0.3 is 0 Å². The van der Waals surface area contributed by atoms with Gasteiger partial charge in [0.1, 0.15) is 0 Å². The number of carbonyl (C=O) groups excluding carboxylic acids is 1. The molecule has 0 aliphatic carbocycles. The van der Waals surface area contributed by atoms with Crippen molar-refractivity contribution in [3.63, 3.8) is 0 Å². The standard InChI is InChI=1S/C20H18N4O3/c21-15-17-3-1-16(2-4-17)5-10-20(25)23-13-11-22(12-14-23)18-6-8-19(9-7-18)24(26)27/h1-10H,11-14H2/b10-5+. The molecule has 1 aliphatic heterocycles. The number of rotatable bonds is 4. The van der Waals surface area contributed by atoms with E-state index in [9.17, 15) is 14.9 Å². The number of non-ortho nitro benzene ring substituents is 1. The van der Waals surface area contributed by atoms with Crippen LogP contribution in [0.1, 0.15) is 11.1 Å². The number of piperazine rings is 1. The number of amides is 1. The van der Waals surface area contributed by atoms with Gasteiger partial charge in [0, 0.05) is 50.1 Å². The molecule has 1 amide bonds. The highest BCUT2D eigenvalue weighted by Crippen LogP contribution is 2.20. The fourth-order valence-electron chi connectivity index (χ4n) is 2.91. The fraction of sp³-hybridized carbons (Fsp3) is 0.200. The first-order valence-electron chi connectivity index (χ1n) is 8.53. The zero-order valence-corrected chi connectivity index (χ0v) is 14.6. The van der Waals surface area contributed by atoms with Crippen LogP contribution in [0.15, 0.2) is 54.6 Å². The molecule has 2 aromatic carbocycles. The highest BCUT2D eigenvalue weighted by molar-refractivity contribution is 5.92. The van der Waals surface area contributed by atoms with Crippen LogP contribution in [-0.2, 0) is 4.79 Å². The summed E-state index contributed by atoms with van der Waals surface area (Å²) in [6, 6.07) is 15.6. The lowest BCUT2D eigenvalue weighted by Crippen LogP contribution is -2.48. The minimum Gasteiger partial charge on any atom is -0.368 e. The molecule has 136 valence electrons. The van der Waals surface area contributed by atoms with E-state index >= 15 is 0 Å². The molecule has 0 N–H and O–H groups in total. The number of benzene rings is 2. The molecule has 0 bridgehead atoms. The average Bonchev–Trinajstić information content (AvgIpc) is 2.72. The van der Waals surface area contributed by atoms with Gasteiger partial charge in [-0.05, 0) is 35.9 Å². The first kappa shape index (κ1) is 18.1. The van der Waals surface area contributed by atoms with E-state index in [-0.39, 0.29) is 11.6 Å². The van der Waals surface area contributed by atoms with E-state index in [4.69, 9.17) is 5.26 Å². The molecule has 0 saturated carbocycles. The smallest absolute Gasteiger partial charge is 0.269 e. The molecular formula is C20H18N4O3. The van der Waals surface area contributed by atoms with Crippen molar-refractivity contribution >= 4 is 23.4 Å². The van der Waals surface area contributed by atoms with E-state index in [0.29, 0.717) is 31.7 Å². The fourth-order valence-corrected chi connectivity index (χ4v) is 2.91. The van der Waals surface area contributed by atoms with Gasteiger partial charge < -0.3 is 9.80 Å². The van der Waals surface area contributed by atoms with Crippen molar-refractivity contribution in [3.05, 3.63) is 75.8 Å². The second-order valence-corrected chi connectivity index (χ2v) is 6.15. The SMILES string of the molecule is N#Cc1ccc(/C=C/C(=O)N2CCN(c3ccc([N+](=O)[O-])cc3)CC2)cc1. The van der Waals surface area contributed by atoms with Gasteiger partial charge in [-0.2, -0.15) is 5.26 Å². The van der Waals surface area contributed by atoms with Crippen LogP contribution >= 0.6 is 0 Å². The lowest BCUT2D eigenvalue weighted by Gasteiger charge is -2.35. The van der Waals surface area contributed by atoms with E-state index in [2.05, 4.69) is 11.0 Å². The summed E-state index contributed by atoms with van der Waals surface area (Å²) in [4.78, 5) is 26.6. The lowest BCUT2D eigenvalue weighted by atomic mass is 10.1. The number of hydrogen-bond acceptors (Lipinski definition) is 5. The third-order valence-electron chi connectivity index (χ3n) is 4.48. The van der Waals surface area contributed by atoms with Gasteiger partial charge in [0.2, 0.25) is 5.91 Å². The highest BCUT2D eigenvalue weighted by atomic mass is 16.6. The van der Waals surface area contributed by atoms with Crippen molar-refractivity contribution in [3.8, 4) is 6.07 Å². The van der Waals surface area contributed by atoms with Crippen molar-refractivity contribution < 1.29 is 9.72 Å². The van der Waals surface area contributed by atoms with Crippen LogP contribution in [-0.4, -0.2) is 41.9 Å². The number of carbonyl (C=O) groups is 1. The Labute approximate surface area is 156 Å².